The molecule has 1 aromatic rings. The van der Waals surface area contributed by atoms with Crippen molar-refractivity contribution in [2.75, 3.05) is 38.0 Å². The zero-order valence-electron chi connectivity index (χ0n) is 10.3. The molecule has 2 amide bonds. The Kier molecular flexibility index (Phi) is 4.63. The highest BCUT2D eigenvalue weighted by molar-refractivity contribution is 7.10. The van der Waals surface area contributed by atoms with Crippen LogP contribution in [0.25, 0.3) is 0 Å². The molecule has 0 spiro atoms. The van der Waals surface area contributed by atoms with Gasteiger partial charge < -0.3 is 10.0 Å². The summed E-state index contributed by atoms with van der Waals surface area (Å²) in [7, 11) is 0. The largest absolute Gasteiger partial charge is 0.481 e. The molecule has 0 atom stereocenters. The van der Waals surface area contributed by atoms with Crippen LogP contribution in [0.3, 0.4) is 0 Å². The number of carbonyl (C=O) groups excluding carboxylic acids is 1. The van der Waals surface area contributed by atoms with E-state index in [0.29, 0.717) is 37.7 Å². The van der Waals surface area contributed by atoms with Crippen LogP contribution >= 0.6 is 11.5 Å². The first-order chi connectivity index (χ1) is 9.15. The van der Waals surface area contributed by atoms with E-state index in [0.717, 1.165) is 11.5 Å². The number of carboxylic acids is 1. The molecule has 1 aliphatic rings. The van der Waals surface area contributed by atoms with Gasteiger partial charge in [0.15, 0.2) is 0 Å². The number of anilines is 1. The van der Waals surface area contributed by atoms with Gasteiger partial charge in [-0.05, 0) is 0 Å². The summed E-state index contributed by atoms with van der Waals surface area (Å²) in [6, 6.07) is -0.163. The number of nitrogens with one attached hydrogen (secondary N) is 1. The number of urea groups is 1. The highest BCUT2D eigenvalue weighted by Crippen LogP contribution is 2.11. The molecule has 0 bridgehead atoms. The number of rotatable bonds is 4. The molecule has 8 nitrogen and oxygen atoms in total. The molecule has 2 N–H and O–H groups in total. The quantitative estimate of drug-likeness (QED) is 0.818. The molecule has 1 saturated heterocycles. The molecule has 1 aromatic heterocycles. The van der Waals surface area contributed by atoms with Crippen molar-refractivity contribution in [2.45, 2.75) is 6.42 Å². The van der Waals surface area contributed by atoms with Gasteiger partial charge in [0.05, 0.1) is 12.6 Å². The van der Waals surface area contributed by atoms with Gasteiger partial charge in [0.1, 0.15) is 5.00 Å². The Morgan fingerprint density at radius 3 is 2.68 bits per heavy atom. The maximum absolute atomic E-state index is 11.9. The summed E-state index contributed by atoms with van der Waals surface area (Å²) < 4.78 is 3.67. The predicted octanol–water partition coefficient (Wildman–Crippen LogP) is 0.162. The van der Waals surface area contributed by atoms with Gasteiger partial charge in [0, 0.05) is 44.3 Å². The Balaban J connectivity index is 1.73. The van der Waals surface area contributed by atoms with Crippen LogP contribution in [0.4, 0.5) is 9.80 Å². The second kappa shape index (κ2) is 6.43. The number of amides is 2. The van der Waals surface area contributed by atoms with Gasteiger partial charge in [-0.1, -0.05) is 4.49 Å². The molecule has 1 fully saturated rings. The van der Waals surface area contributed by atoms with Gasteiger partial charge in [-0.2, -0.15) is 0 Å². The number of aliphatic carboxylic acids is 1. The van der Waals surface area contributed by atoms with Crippen LogP contribution in [0.5, 0.6) is 0 Å². The number of aromatic nitrogens is 2. The second-order valence-corrected chi connectivity index (χ2v) is 4.97. The summed E-state index contributed by atoms with van der Waals surface area (Å²) in [5.74, 6) is -0.794. The summed E-state index contributed by atoms with van der Waals surface area (Å²) in [4.78, 5) is 26.1. The average molecular weight is 285 g/mol. The van der Waals surface area contributed by atoms with Crippen LogP contribution in [-0.2, 0) is 4.79 Å². The van der Waals surface area contributed by atoms with E-state index in [1.165, 1.54) is 6.20 Å². The van der Waals surface area contributed by atoms with Crippen molar-refractivity contribution in [3.8, 4) is 0 Å². The van der Waals surface area contributed by atoms with Crippen LogP contribution in [0, 0.1) is 0 Å². The summed E-state index contributed by atoms with van der Waals surface area (Å²) in [6.07, 6.45) is 1.64. The van der Waals surface area contributed by atoms with Gasteiger partial charge in [-0.3, -0.25) is 15.0 Å². The van der Waals surface area contributed by atoms with Gasteiger partial charge >= 0.3 is 12.0 Å². The van der Waals surface area contributed by atoms with E-state index >= 15 is 0 Å². The lowest BCUT2D eigenvalue weighted by Crippen LogP contribution is -2.50. The predicted molar refractivity (Wildman–Crippen MR) is 69.2 cm³/mol. The molecule has 2 heterocycles. The third kappa shape index (κ3) is 4.14. The minimum atomic E-state index is -0.794. The molecule has 1 aliphatic heterocycles. The van der Waals surface area contributed by atoms with E-state index in [9.17, 15) is 9.59 Å². The van der Waals surface area contributed by atoms with Crippen molar-refractivity contribution in [2.24, 2.45) is 0 Å². The first kappa shape index (κ1) is 13.7. The molecule has 0 aliphatic carbocycles. The monoisotopic (exact) mass is 285 g/mol. The molecule has 9 heteroatoms. The fourth-order valence-corrected chi connectivity index (χ4v) is 2.24. The number of piperazine rings is 1. The molecule has 19 heavy (non-hydrogen) atoms. The zero-order valence-corrected chi connectivity index (χ0v) is 11.1. The lowest BCUT2D eigenvalue weighted by Gasteiger charge is -2.34. The van der Waals surface area contributed by atoms with Gasteiger partial charge in [-0.25, -0.2) is 4.79 Å². The van der Waals surface area contributed by atoms with Crippen molar-refractivity contribution in [1.82, 2.24) is 19.4 Å². The maximum atomic E-state index is 11.9. The summed E-state index contributed by atoms with van der Waals surface area (Å²) in [6.45, 7) is 3.11. The molecule has 2 rings (SSSR count). The Morgan fingerprint density at radius 2 is 2.11 bits per heavy atom. The van der Waals surface area contributed by atoms with Crippen molar-refractivity contribution < 1.29 is 14.7 Å². The Labute approximate surface area is 114 Å². The third-order valence-corrected chi connectivity index (χ3v) is 3.47. The Morgan fingerprint density at radius 1 is 1.37 bits per heavy atom. The minimum absolute atomic E-state index is 0.138. The molecular formula is C10H15N5O3S. The molecular weight excluding hydrogens is 270 g/mol. The second-order valence-electron chi connectivity index (χ2n) is 4.18. The van der Waals surface area contributed by atoms with Gasteiger partial charge in [-0.15, -0.1) is 5.10 Å². The zero-order chi connectivity index (χ0) is 13.7. The van der Waals surface area contributed by atoms with Crippen molar-refractivity contribution >= 4 is 28.5 Å². The standard InChI is InChI=1S/C10H15N5O3S/c16-9(17)1-2-14-3-5-15(6-4-14)10(18)12-8-7-11-13-19-8/h7H,1-6H2,(H,12,18)(H,16,17). The van der Waals surface area contributed by atoms with E-state index in [4.69, 9.17) is 5.11 Å². The van der Waals surface area contributed by atoms with E-state index in [1.54, 1.807) is 4.90 Å². The van der Waals surface area contributed by atoms with Crippen LogP contribution < -0.4 is 5.32 Å². The van der Waals surface area contributed by atoms with Gasteiger partial charge in [0.2, 0.25) is 0 Å². The van der Waals surface area contributed by atoms with Crippen LogP contribution in [0.1, 0.15) is 6.42 Å². The van der Waals surface area contributed by atoms with Crippen molar-refractivity contribution in [3.05, 3.63) is 6.20 Å². The maximum Gasteiger partial charge on any atom is 0.322 e. The number of carbonyl (C=O) groups is 2. The lowest BCUT2D eigenvalue weighted by atomic mass is 10.3. The smallest absolute Gasteiger partial charge is 0.322 e. The molecule has 0 saturated carbocycles. The highest BCUT2D eigenvalue weighted by Gasteiger charge is 2.21. The molecule has 0 aromatic carbocycles. The average Bonchev–Trinajstić information content (AvgIpc) is 2.89. The summed E-state index contributed by atoms with van der Waals surface area (Å²) in [5, 5.41) is 15.6. The normalized spacial score (nSPS) is 16.3. The van der Waals surface area contributed by atoms with E-state index in [1.807, 2.05) is 4.90 Å². The van der Waals surface area contributed by atoms with E-state index in [2.05, 4.69) is 14.9 Å². The van der Waals surface area contributed by atoms with Crippen molar-refractivity contribution in [3.63, 3.8) is 0 Å². The molecule has 104 valence electrons. The van der Waals surface area contributed by atoms with Crippen LogP contribution in [0.2, 0.25) is 0 Å². The number of hydrogen-bond donors (Lipinski definition) is 2. The van der Waals surface area contributed by atoms with Crippen LogP contribution in [-0.4, -0.2) is 69.2 Å². The van der Waals surface area contributed by atoms with E-state index in [-0.39, 0.29) is 12.5 Å². The SMILES string of the molecule is O=C(O)CCN1CCN(C(=O)Nc2cnns2)CC1. The van der Waals surface area contributed by atoms with E-state index < -0.39 is 5.97 Å². The third-order valence-electron chi connectivity index (χ3n) is 2.89. The summed E-state index contributed by atoms with van der Waals surface area (Å²) in [5.41, 5.74) is 0. The first-order valence-electron chi connectivity index (χ1n) is 5.92. The summed E-state index contributed by atoms with van der Waals surface area (Å²) >= 11 is 1.13. The lowest BCUT2D eigenvalue weighted by molar-refractivity contribution is -0.137. The number of hydrogen-bond acceptors (Lipinski definition) is 6. The fourth-order valence-electron chi connectivity index (χ4n) is 1.84. The number of nitrogens with zero attached hydrogens (tertiary/aromatic N) is 4. The van der Waals surface area contributed by atoms with Crippen molar-refractivity contribution in [1.29, 1.82) is 0 Å². The topological polar surface area (TPSA) is 98.7 Å². The Hall–Kier alpha value is -1.74. The van der Waals surface area contributed by atoms with Gasteiger partial charge in [0.25, 0.3) is 0 Å². The number of carboxylic acid groups (broad SMARTS) is 1. The first-order valence-corrected chi connectivity index (χ1v) is 6.70. The molecule has 0 radical (unpaired) electrons. The highest BCUT2D eigenvalue weighted by atomic mass is 32.1. The fraction of sp³-hybridized carbons (Fsp3) is 0.600. The Bertz CT molecular complexity index is 430. The molecule has 0 unspecified atom stereocenters. The minimum Gasteiger partial charge on any atom is -0.481 e. The van der Waals surface area contributed by atoms with Crippen LogP contribution in [0.15, 0.2) is 6.20 Å².